The van der Waals surface area contributed by atoms with Gasteiger partial charge >= 0.3 is 0 Å². The quantitative estimate of drug-likeness (QED) is 0.724. The highest BCUT2D eigenvalue weighted by Gasteiger charge is 2.15. The molecular weight excluding hydrogens is 348 g/mol. The van der Waals surface area contributed by atoms with Crippen molar-refractivity contribution in [3.05, 3.63) is 72.6 Å². The van der Waals surface area contributed by atoms with E-state index < -0.39 is 10.0 Å². The fourth-order valence-corrected chi connectivity index (χ4v) is 3.59. The lowest BCUT2D eigenvalue weighted by atomic mass is 10.2. The van der Waals surface area contributed by atoms with Gasteiger partial charge in [-0.1, -0.05) is 12.1 Å². The Bertz CT molecular complexity index is 972. The van der Waals surface area contributed by atoms with E-state index in [9.17, 15) is 8.42 Å². The summed E-state index contributed by atoms with van der Waals surface area (Å²) >= 11 is 0. The van der Waals surface area contributed by atoms with Crippen LogP contribution in [0.5, 0.6) is 0 Å². The lowest BCUT2D eigenvalue weighted by Gasteiger charge is -2.12. The molecule has 0 atom stereocenters. The van der Waals surface area contributed by atoms with Crippen molar-refractivity contribution in [3.8, 4) is 11.4 Å². The predicted octanol–water partition coefficient (Wildman–Crippen LogP) is 3.01. The molecule has 26 heavy (non-hydrogen) atoms. The molecule has 0 aliphatic rings. The number of rotatable bonds is 6. The number of benzene rings is 2. The minimum Gasteiger partial charge on any atom is -0.305 e. The van der Waals surface area contributed by atoms with Crippen LogP contribution in [0.25, 0.3) is 11.4 Å². The maximum Gasteiger partial charge on any atom is 0.261 e. The Labute approximate surface area is 153 Å². The van der Waals surface area contributed by atoms with Crippen LogP contribution in [-0.4, -0.2) is 37.4 Å². The summed E-state index contributed by atoms with van der Waals surface area (Å²) in [5.41, 5.74) is 2.34. The fraction of sp³-hybridized carbons (Fsp3) is 0.158. The zero-order chi connectivity index (χ0) is 18.6. The van der Waals surface area contributed by atoms with Gasteiger partial charge in [0.15, 0.2) is 5.82 Å². The van der Waals surface area contributed by atoms with Crippen LogP contribution < -0.4 is 4.72 Å². The molecule has 0 unspecified atom stereocenters. The highest BCUT2D eigenvalue weighted by Crippen LogP contribution is 2.21. The van der Waals surface area contributed by atoms with E-state index in [0.29, 0.717) is 11.5 Å². The van der Waals surface area contributed by atoms with E-state index in [1.165, 1.54) is 0 Å². The molecule has 1 heterocycles. The van der Waals surface area contributed by atoms with Crippen molar-refractivity contribution in [1.29, 1.82) is 0 Å². The normalized spacial score (nSPS) is 11.5. The average Bonchev–Trinajstić information content (AvgIpc) is 2.62. The van der Waals surface area contributed by atoms with Gasteiger partial charge in [0.05, 0.1) is 4.90 Å². The molecule has 1 aromatic heterocycles. The van der Waals surface area contributed by atoms with Crippen LogP contribution in [0.15, 0.2) is 71.9 Å². The molecule has 0 saturated heterocycles. The van der Waals surface area contributed by atoms with E-state index in [1.54, 1.807) is 48.8 Å². The van der Waals surface area contributed by atoms with Gasteiger partial charge in [-0.15, -0.1) is 0 Å². The van der Waals surface area contributed by atoms with Crippen LogP contribution in [0.2, 0.25) is 0 Å². The average molecular weight is 368 g/mol. The molecule has 0 aliphatic carbocycles. The summed E-state index contributed by atoms with van der Waals surface area (Å²) in [5, 5.41) is 0. The summed E-state index contributed by atoms with van der Waals surface area (Å²) in [6.45, 7) is 0.737. The molecule has 0 saturated carbocycles. The monoisotopic (exact) mass is 368 g/mol. The van der Waals surface area contributed by atoms with Crippen LogP contribution in [0.4, 0.5) is 5.69 Å². The Morgan fingerprint density at radius 2 is 1.65 bits per heavy atom. The van der Waals surface area contributed by atoms with Crippen LogP contribution in [0.3, 0.4) is 0 Å². The van der Waals surface area contributed by atoms with Crippen molar-refractivity contribution in [1.82, 2.24) is 14.9 Å². The zero-order valence-electron chi connectivity index (χ0n) is 14.6. The molecule has 0 bridgehead atoms. The molecule has 3 rings (SSSR count). The Hall–Kier alpha value is -2.77. The number of nitrogens with one attached hydrogen (secondary N) is 1. The number of hydrogen-bond acceptors (Lipinski definition) is 5. The van der Waals surface area contributed by atoms with Crippen LogP contribution >= 0.6 is 0 Å². The number of nitrogens with zero attached hydrogens (tertiary/aromatic N) is 3. The van der Waals surface area contributed by atoms with Crippen molar-refractivity contribution in [2.24, 2.45) is 0 Å². The van der Waals surface area contributed by atoms with Gasteiger partial charge in [-0.2, -0.15) is 0 Å². The second kappa shape index (κ2) is 7.63. The molecular formula is C19H20N4O2S. The van der Waals surface area contributed by atoms with Gasteiger partial charge in [-0.3, -0.25) is 4.72 Å². The molecule has 2 aromatic carbocycles. The molecule has 6 nitrogen and oxygen atoms in total. The Kier molecular flexibility index (Phi) is 5.29. The highest BCUT2D eigenvalue weighted by atomic mass is 32.2. The van der Waals surface area contributed by atoms with Crippen molar-refractivity contribution in [2.75, 3.05) is 18.8 Å². The topological polar surface area (TPSA) is 75.2 Å². The van der Waals surface area contributed by atoms with Crippen molar-refractivity contribution in [2.45, 2.75) is 11.4 Å². The summed E-state index contributed by atoms with van der Waals surface area (Å²) in [6.07, 6.45) is 3.30. The largest absolute Gasteiger partial charge is 0.305 e. The van der Waals surface area contributed by atoms with Gasteiger partial charge in [0.1, 0.15) is 0 Å². The van der Waals surface area contributed by atoms with Crippen molar-refractivity contribution in [3.63, 3.8) is 0 Å². The number of anilines is 1. The molecule has 1 N–H and O–H groups in total. The lowest BCUT2D eigenvalue weighted by Crippen LogP contribution is -2.14. The highest BCUT2D eigenvalue weighted by molar-refractivity contribution is 7.92. The summed E-state index contributed by atoms with van der Waals surface area (Å²) in [4.78, 5) is 10.5. The van der Waals surface area contributed by atoms with Gasteiger partial charge in [0, 0.05) is 30.2 Å². The molecule has 0 aliphatic heterocycles. The maximum atomic E-state index is 12.6. The molecule has 0 spiro atoms. The Balaban J connectivity index is 1.80. The van der Waals surface area contributed by atoms with Crippen molar-refractivity contribution < 1.29 is 8.42 Å². The molecule has 0 radical (unpaired) electrons. The minimum atomic E-state index is -3.66. The van der Waals surface area contributed by atoms with Crippen LogP contribution in [-0.2, 0) is 16.6 Å². The summed E-state index contributed by atoms with van der Waals surface area (Å²) in [5.74, 6) is 0.556. The van der Waals surface area contributed by atoms with E-state index in [0.717, 1.165) is 17.7 Å². The second-order valence-electron chi connectivity index (χ2n) is 6.14. The minimum absolute atomic E-state index is 0.190. The van der Waals surface area contributed by atoms with Crippen LogP contribution in [0.1, 0.15) is 5.56 Å². The standard InChI is InChI=1S/C19H20N4O2S/c1-23(2)14-15-5-3-6-17(13-15)22-26(24,25)18-9-7-16(8-10-18)19-20-11-4-12-21-19/h3-13,22H,14H2,1-2H3. The molecule has 134 valence electrons. The van der Waals surface area contributed by atoms with Crippen molar-refractivity contribution >= 4 is 15.7 Å². The van der Waals surface area contributed by atoms with E-state index >= 15 is 0 Å². The molecule has 0 fully saturated rings. The third kappa shape index (κ3) is 4.44. The molecule has 3 aromatic rings. The van der Waals surface area contributed by atoms with E-state index in [1.807, 2.05) is 37.2 Å². The number of aromatic nitrogens is 2. The predicted molar refractivity (Wildman–Crippen MR) is 102 cm³/mol. The summed E-state index contributed by atoms with van der Waals surface area (Å²) in [6, 6.07) is 15.6. The third-order valence-electron chi connectivity index (χ3n) is 3.67. The van der Waals surface area contributed by atoms with Gasteiger partial charge in [0.2, 0.25) is 0 Å². The Morgan fingerprint density at radius 3 is 2.31 bits per heavy atom. The first-order valence-electron chi connectivity index (χ1n) is 8.08. The van der Waals surface area contributed by atoms with E-state index in [-0.39, 0.29) is 4.90 Å². The van der Waals surface area contributed by atoms with Gasteiger partial charge < -0.3 is 4.90 Å². The van der Waals surface area contributed by atoms with E-state index in [2.05, 4.69) is 14.7 Å². The first kappa shape index (κ1) is 18.0. The number of hydrogen-bond donors (Lipinski definition) is 1. The second-order valence-corrected chi connectivity index (χ2v) is 7.82. The first-order chi connectivity index (χ1) is 12.4. The summed E-state index contributed by atoms with van der Waals surface area (Å²) in [7, 11) is 0.272. The van der Waals surface area contributed by atoms with Gasteiger partial charge in [-0.05, 0) is 62.1 Å². The van der Waals surface area contributed by atoms with Gasteiger partial charge in [-0.25, -0.2) is 18.4 Å². The third-order valence-corrected chi connectivity index (χ3v) is 5.06. The summed E-state index contributed by atoms with van der Waals surface area (Å²) < 4.78 is 27.9. The maximum absolute atomic E-state index is 12.6. The lowest BCUT2D eigenvalue weighted by molar-refractivity contribution is 0.402. The number of sulfonamides is 1. The smallest absolute Gasteiger partial charge is 0.261 e. The van der Waals surface area contributed by atoms with E-state index in [4.69, 9.17) is 0 Å². The zero-order valence-corrected chi connectivity index (χ0v) is 15.4. The molecule has 7 heteroatoms. The fourth-order valence-electron chi connectivity index (χ4n) is 2.54. The van der Waals surface area contributed by atoms with Crippen LogP contribution in [0, 0.1) is 0 Å². The first-order valence-corrected chi connectivity index (χ1v) is 9.56. The van der Waals surface area contributed by atoms with Gasteiger partial charge in [0.25, 0.3) is 10.0 Å². The molecule has 0 amide bonds. The Morgan fingerprint density at radius 1 is 0.962 bits per heavy atom. The SMILES string of the molecule is CN(C)Cc1cccc(NS(=O)(=O)c2ccc(-c3ncccn3)cc2)c1.